The van der Waals surface area contributed by atoms with Crippen molar-refractivity contribution in [3.05, 3.63) is 82.8 Å². The number of hydrogen-bond donors (Lipinski definition) is 1. The molecule has 0 bridgehead atoms. The van der Waals surface area contributed by atoms with Crippen LogP contribution >= 0.6 is 0 Å². The van der Waals surface area contributed by atoms with Crippen LogP contribution in [-0.4, -0.2) is 30.6 Å². The van der Waals surface area contributed by atoms with Crippen LogP contribution in [0.3, 0.4) is 0 Å². The Morgan fingerprint density at radius 3 is 2.36 bits per heavy atom. The first-order chi connectivity index (χ1) is 15.8. The number of ether oxygens (including phenoxy) is 1. The Labute approximate surface area is 190 Å². The second kappa shape index (κ2) is 9.15. The molecule has 0 spiro atoms. The second-order valence-electron chi connectivity index (χ2n) is 7.68. The molecule has 4 aromatic rings. The third kappa shape index (κ3) is 5.20. The van der Waals surface area contributed by atoms with Gasteiger partial charge in [-0.3, -0.25) is 4.79 Å². The molecule has 8 nitrogen and oxygen atoms in total. The maximum absolute atomic E-state index is 13.0. The Balaban J connectivity index is 1.43. The molecular formula is C24H23FN6O2. The monoisotopic (exact) mass is 446 g/mol. The number of nitrogens with zero attached hydrogens (tertiary/aromatic N) is 5. The molecular weight excluding hydrogens is 423 g/mol. The Bertz CT molecular complexity index is 1280. The largest absolute Gasteiger partial charge is 0.439 e. The molecule has 4 rings (SSSR count). The number of aryl methyl sites for hydroxylation is 3. The Kier molecular flexibility index (Phi) is 6.12. The maximum atomic E-state index is 13.0. The fourth-order valence-corrected chi connectivity index (χ4v) is 3.43. The van der Waals surface area contributed by atoms with Crippen LogP contribution < -0.4 is 10.1 Å². The highest BCUT2D eigenvalue weighted by Crippen LogP contribution is 2.21. The van der Waals surface area contributed by atoms with Crippen molar-refractivity contribution in [2.75, 3.05) is 5.32 Å². The number of aromatic nitrogens is 5. The molecule has 0 unspecified atom stereocenters. The van der Waals surface area contributed by atoms with Crippen LogP contribution in [0.4, 0.5) is 10.1 Å². The lowest BCUT2D eigenvalue weighted by atomic mass is 10.1. The Morgan fingerprint density at radius 2 is 1.73 bits per heavy atom. The summed E-state index contributed by atoms with van der Waals surface area (Å²) in [6.45, 7) is 7.56. The van der Waals surface area contributed by atoms with Crippen molar-refractivity contribution in [3.63, 3.8) is 0 Å². The quantitative estimate of drug-likeness (QED) is 0.472. The summed E-state index contributed by atoms with van der Waals surface area (Å²) in [5, 5.41) is 7.37. The van der Waals surface area contributed by atoms with Crippen molar-refractivity contribution in [1.29, 1.82) is 0 Å². The first-order valence-electron chi connectivity index (χ1n) is 10.4. The molecule has 168 valence electrons. The van der Waals surface area contributed by atoms with E-state index in [2.05, 4.69) is 25.4 Å². The summed E-state index contributed by atoms with van der Waals surface area (Å²) >= 11 is 0. The van der Waals surface area contributed by atoms with E-state index < -0.39 is 0 Å². The number of amides is 1. The molecule has 0 aliphatic carbocycles. The number of carbonyl (C=O) groups excluding carboxylic acids is 1. The molecule has 33 heavy (non-hydrogen) atoms. The van der Waals surface area contributed by atoms with Crippen LogP contribution in [0, 0.1) is 33.5 Å². The van der Waals surface area contributed by atoms with Gasteiger partial charge in [0.05, 0.1) is 24.0 Å². The maximum Gasteiger partial charge on any atom is 0.251 e. The zero-order valence-corrected chi connectivity index (χ0v) is 18.8. The first-order valence-corrected chi connectivity index (χ1v) is 10.4. The van der Waals surface area contributed by atoms with Crippen LogP contribution in [0.1, 0.15) is 28.3 Å². The van der Waals surface area contributed by atoms with Gasteiger partial charge in [-0.25, -0.2) is 24.0 Å². The number of anilines is 1. The third-order valence-electron chi connectivity index (χ3n) is 4.99. The van der Waals surface area contributed by atoms with Gasteiger partial charge in [0.25, 0.3) is 5.95 Å². The number of hydrogen-bond acceptors (Lipinski definition) is 6. The third-order valence-corrected chi connectivity index (χ3v) is 4.99. The zero-order valence-electron chi connectivity index (χ0n) is 18.8. The van der Waals surface area contributed by atoms with E-state index in [-0.39, 0.29) is 18.1 Å². The number of pyridine rings is 1. The molecule has 0 aliphatic rings. The van der Waals surface area contributed by atoms with E-state index >= 15 is 0 Å². The van der Waals surface area contributed by atoms with Crippen LogP contribution in [0.2, 0.25) is 0 Å². The predicted molar refractivity (Wildman–Crippen MR) is 121 cm³/mol. The summed E-state index contributed by atoms with van der Waals surface area (Å²) in [7, 11) is 0. The molecule has 0 radical (unpaired) electrons. The Morgan fingerprint density at radius 1 is 1.03 bits per heavy atom. The summed E-state index contributed by atoms with van der Waals surface area (Å²) in [4.78, 5) is 25.8. The predicted octanol–water partition coefficient (Wildman–Crippen LogP) is 4.40. The van der Waals surface area contributed by atoms with E-state index in [4.69, 9.17) is 4.74 Å². The molecule has 0 atom stereocenters. The minimum Gasteiger partial charge on any atom is -0.439 e. The summed E-state index contributed by atoms with van der Waals surface area (Å²) in [6.07, 6.45) is 1.65. The van der Waals surface area contributed by atoms with Gasteiger partial charge in [-0.2, -0.15) is 5.10 Å². The van der Waals surface area contributed by atoms with Crippen LogP contribution in [-0.2, 0) is 11.2 Å². The zero-order chi connectivity index (χ0) is 23.5. The number of nitrogens with one attached hydrogen (secondary N) is 1. The van der Waals surface area contributed by atoms with E-state index in [1.54, 1.807) is 16.8 Å². The highest BCUT2D eigenvalue weighted by molar-refractivity contribution is 5.92. The average Bonchev–Trinajstić information content (AvgIpc) is 3.04. The molecule has 0 fully saturated rings. The van der Waals surface area contributed by atoms with Gasteiger partial charge < -0.3 is 10.1 Å². The normalized spacial score (nSPS) is 10.8. The molecule has 0 saturated heterocycles. The van der Waals surface area contributed by atoms with E-state index in [0.29, 0.717) is 23.3 Å². The fraction of sp³-hybridized carbons (Fsp3) is 0.208. The van der Waals surface area contributed by atoms with E-state index in [1.165, 1.54) is 30.5 Å². The molecule has 1 N–H and O–H groups in total. The molecule has 1 aromatic carbocycles. The van der Waals surface area contributed by atoms with Crippen molar-refractivity contribution in [3.8, 4) is 17.6 Å². The smallest absolute Gasteiger partial charge is 0.251 e. The fourth-order valence-electron chi connectivity index (χ4n) is 3.43. The number of carbonyl (C=O) groups is 1. The van der Waals surface area contributed by atoms with Crippen molar-refractivity contribution >= 4 is 11.6 Å². The van der Waals surface area contributed by atoms with Crippen LogP contribution in [0.25, 0.3) is 5.95 Å². The van der Waals surface area contributed by atoms with Crippen molar-refractivity contribution < 1.29 is 13.9 Å². The van der Waals surface area contributed by atoms with Crippen molar-refractivity contribution in [2.45, 2.75) is 34.1 Å². The second-order valence-corrected chi connectivity index (χ2v) is 7.68. The molecule has 3 heterocycles. The SMILES string of the molecule is Cc1cc(C)nc(-n2nc(C)c(CC(=O)Nc3ccc(Oc4ccc(F)cc4)nc3)c2C)n1. The van der Waals surface area contributed by atoms with Gasteiger partial charge in [0.2, 0.25) is 11.8 Å². The minimum atomic E-state index is -0.342. The van der Waals surface area contributed by atoms with Gasteiger partial charge in [0.1, 0.15) is 11.6 Å². The number of halogens is 1. The van der Waals surface area contributed by atoms with Crippen molar-refractivity contribution in [2.24, 2.45) is 0 Å². The van der Waals surface area contributed by atoms with E-state index in [9.17, 15) is 9.18 Å². The van der Waals surface area contributed by atoms with E-state index in [0.717, 1.165) is 28.3 Å². The van der Waals surface area contributed by atoms with E-state index in [1.807, 2.05) is 33.8 Å². The summed E-state index contributed by atoms with van der Waals surface area (Å²) in [5.74, 6) is 0.750. The number of benzene rings is 1. The minimum absolute atomic E-state index is 0.149. The van der Waals surface area contributed by atoms with Gasteiger partial charge in [-0.15, -0.1) is 0 Å². The van der Waals surface area contributed by atoms with Crippen molar-refractivity contribution in [1.82, 2.24) is 24.7 Å². The summed E-state index contributed by atoms with van der Waals surface area (Å²) in [5.41, 5.74) is 4.61. The number of rotatable bonds is 6. The Hall–Kier alpha value is -4.14. The van der Waals surface area contributed by atoms with Gasteiger partial charge in [-0.05, 0) is 64.1 Å². The van der Waals surface area contributed by atoms with Crippen LogP contribution in [0.5, 0.6) is 11.6 Å². The molecule has 1 amide bonds. The molecule has 9 heteroatoms. The summed E-state index contributed by atoms with van der Waals surface area (Å²) < 4.78 is 20.2. The highest BCUT2D eigenvalue weighted by atomic mass is 19.1. The molecule has 0 saturated carbocycles. The van der Waals surface area contributed by atoms with Gasteiger partial charge in [0.15, 0.2) is 0 Å². The first kappa shape index (κ1) is 22.1. The topological polar surface area (TPSA) is 94.8 Å². The lowest BCUT2D eigenvalue weighted by molar-refractivity contribution is -0.115. The standard InChI is InChI=1S/C24H23FN6O2/c1-14-11-15(2)28-24(27-14)31-17(4)21(16(3)30-31)12-22(32)29-19-7-10-23(26-13-19)33-20-8-5-18(25)6-9-20/h5-11,13H,12H2,1-4H3,(H,29,32). The van der Waals surface area contributed by atoms with Crippen LogP contribution in [0.15, 0.2) is 48.7 Å². The van der Waals surface area contributed by atoms with Gasteiger partial charge in [-0.1, -0.05) is 0 Å². The lowest BCUT2D eigenvalue weighted by Gasteiger charge is -2.08. The van der Waals surface area contributed by atoms with Gasteiger partial charge in [0, 0.05) is 28.7 Å². The molecule has 0 aliphatic heterocycles. The summed E-state index contributed by atoms with van der Waals surface area (Å²) in [6, 6.07) is 10.9. The highest BCUT2D eigenvalue weighted by Gasteiger charge is 2.18. The molecule has 3 aromatic heterocycles. The average molecular weight is 446 g/mol. The lowest BCUT2D eigenvalue weighted by Crippen LogP contribution is -2.15. The van der Waals surface area contributed by atoms with Gasteiger partial charge >= 0.3 is 0 Å².